The third-order valence-corrected chi connectivity index (χ3v) is 3.37. The monoisotopic (exact) mass is 353 g/mol. The summed E-state index contributed by atoms with van der Waals surface area (Å²) in [5, 5.41) is 2.39. The zero-order valence-corrected chi connectivity index (χ0v) is 13.2. The van der Waals surface area contributed by atoms with Gasteiger partial charge in [-0.2, -0.15) is 13.2 Å². The first kappa shape index (κ1) is 18.5. The molecule has 0 heterocycles. The summed E-state index contributed by atoms with van der Waals surface area (Å²) < 4.78 is 57.8. The van der Waals surface area contributed by atoms with Crippen LogP contribution < -0.4 is 10.1 Å². The molecule has 0 radical (unpaired) electrons. The summed E-state index contributed by atoms with van der Waals surface area (Å²) in [6.45, 7) is 4.80. The molecule has 2 rings (SSSR count). The highest BCUT2D eigenvalue weighted by Crippen LogP contribution is 2.32. The number of halogens is 4. The van der Waals surface area contributed by atoms with Crippen LogP contribution >= 0.6 is 0 Å². The third-order valence-electron chi connectivity index (χ3n) is 3.37. The van der Waals surface area contributed by atoms with Gasteiger partial charge in [0.1, 0.15) is 6.10 Å². The fourth-order valence-electron chi connectivity index (χ4n) is 2.09. The lowest BCUT2D eigenvalue weighted by Crippen LogP contribution is -2.10. The molecule has 0 aromatic heterocycles. The topological polar surface area (TPSA) is 38.3 Å². The van der Waals surface area contributed by atoms with Crippen LogP contribution in [0, 0.1) is 5.82 Å². The Balaban J connectivity index is 2.16. The normalized spacial score (nSPS) is 12.4. The highest BCUT2D eigenvalue weighted by Gasteiger charge is 2.30. The summed E-state index contributed by atoms with van der Waals surface area (Å²) in [4.78, 5) is 11.2. The predicted molar refractivity (Wildman–Crippen MR) is 85.7 cm³/mol. The Morgan fingerprint density at radius 2 is 1.96 bits per heavy atom. The molecule has 25 heavy (non-hydrogen) atoms. The van der Waals surface area contributed by atoms with E-state index in [-0.39, 0.29) is 17.0 Å². The number of carbonyl (C=O) groups is 1. The van der Waals surface area contributed by atoms with E-state index in [1.807, 2.05) is 0 Å². The maximum absolute atomic E-state index is 14.1. The summed E-state index contributed by atoms with van der Waals surface area (Å²) in [5.74, 6) is -1.38. The minimum atomic E-state index is -4.47. The van der Waals surface area contributed by atoms with Crippen molar-refractivity contribution in [2.24, 2.45) is 0 Å². The average molecular weight is 353 g/mol. The second kappa shape index (κ2) is 7.38. The summed E-state index contributed by atoms with van der Waals surface area (Å²) >= 11 is 0. The highest BCUT2D eigenvalue weighted by molar-refractivity contribution is 5.98. The van der Waals surface area contributed by atoms with Crippen molar-refractivity contribution in [2.75, 3.05) is 5.32 Å². The fourth-order valence-corrected chi connectivity index (χ4v) is 2.09. The first-order valence-corrected chi connectivity index (χ1v) is 7.27. The van der Waals surface area contributed by atoms with Gasteiger partial charge in [-0.25, -0.2) is 4.39 Å². The lowest BCUT2D eigenvalue weighted by Gasteiger charge is -2.17. The maximum Gasteiger partial charge on any atom is 0.416 e. The van der Waals surface area contributed by atoms with Crippen LogP contribution in [0.3, 0.4) is 0 Å². The largest absolute Gasteiger partial charge is 0.483 e. The smallest absolute Gasteiger partial charge is 0.416 e. The summed E-state index contributed by atoms with van der Waals surface area (Å²) in [6, 6.07) is 8.40. The molecule has 0 aliphatic carbocycles. The van der Waals surface area contributed by atoms with E-state index in [0.29, 0.717) is 0 Å². The molecule has 0 fully saturated rings. The van der Waals surface area contributed by atoms with Crippen molar-refractivity contribution in [1.29, 1.82) is 0 Å². The third kappa shape index (κ3) is 4.82. The number of amides is 1. The number of carbonyl (C=O) groups excluding carboxylic acids is 1. The van der Waals surface area contributed by atoms with Crippen molar-refractivity contribution in [2.45, 2.75) is 19.2 Å². The standard InChI is InChI=1S/C18H15F4NO2/c1-3-17(24)23-14-7-8-16(15(19)10-14)25-11(2)12-5-4-6-13(9-12)18(20,21)22/h3-11H,1H2,2H3,(H,23,24). The summed E-state index contributed by atoms with van der Waals surface area (Å²) in [5.41, 5.74) is -0.330. The van der Waals surface area contributed by atoms with Gasteiger partial charge in [0.05, 0.1) is 5.56 Å². The van der Waals surface area contributed by atoms with Gasteiger partial charge in [-0.1, -0.05) is 18.7 Å². The van der Waals surface area contributed by atoms with E-state index in [9.17, 15) is 22.4 Å². The number of benzene rings is 2. The number of hydrogen-bond acceptors (Lipinski definition) is 2. The van der Waals surface area contributed by atoms with Crippen LogP contribution in [0.1, 0.15) is 24.2 Å². The second-order valence-electron chi connectivity index (χ2n) is 5.22. The minimum Gasteiger partial charge on any atom is -0.483 e. The molecule has 1 amide bonds. The van der Waals surface area contributed by atoms with Crippen LogP contribution in [-0.4, -0.2) is 5.91 Å². The van der Waals surface area contributed by atoms with Gasteiger partial charge in [0.15, 0.2) is 11.6 Å². The van der Waals surface area contributed by atoms with Crippen molar-refractivity contribution in [1.82, 2.24) is 0 Å². The van der Waals surface area contributed by atoms with Crippen LogP contribution in [0.25, 0.3) is 0 Å². The van der Waals surface area contributed by atoms with Gasteiger partial charge in [0, 0.05) is 11.8 Å². The number of nitrogens with one attached hydrogen (secondary N) is 1. The second-order valence-corrected chi connectivity index (χ2v) is 5.22. The number of alkyl halides is 3. The fraction of sp³-hybridized carbons (Fsp3) is 0.167. The minimum absolute atomic E-state index is 0.137. The van der Waals surface area contributed by atoms with Gasteiger partial charge in [-0.15, -0.1) is 0 Å². The summed E-state index contributed by atoms with van der Waals surface area (Å²) in [7, 11) is 0. The van der Waals surface area contributed by atoms with Gasteiger partial charge in [-0.3, -0.25) is 4.79 Å². The van der Waals surface area contributed by atoms with Gasteiger partial charge >= 0.3 is 6.18 Å². The molecule has 0 saturated carbocycles. The Labute approximate surface area is 141 Å². The van der Waals surface area contributed by atoms with Crippen LogP contribution in [0.2, 0.25) is 0 Å². The molecule has 0 spiro atoms. The average Bonchev–Trinajstić information content (AvgIpc) is 2.56. The van der Waals surface area contributed by atoms with Gasteiger partial charge < -0.3 is 10.1 Å². The van der Waals surface area contributed by atoms with Crippen LogP contribution in [-0.2, 0) is 11.0 Å². The Morgan fingerprint density at radius 3 is 2.56 bits per heavy atom. The van der Waals surface area contributed by atoms with Crippen molar-refractivity contribution in [3.05, 3.63) is 72.1 Å². The molecule has 0 aliphatic heterocycles. The number of anilines is 1. The van der Waals surface area contributed by atoms with Crippen molar-refractivity contribution in [3.8, 4) is 5.75 Å². The predicted octanol–water partition coefficient (Wildman–Crippen LogP) is 5.11. The molecule has 0 aliphatic rings. The van der Waals surface area contributed by atoms with E-state index in [2.05, 4.69) is 11.9 Å². The van der Waals surface area contributed by atoms with Crippen LogP contribution in [0.4, 0.5) is 23.2 Å². The molecule has 1 unspecified atom stereocenters. The molecule has 3 nitrogen and oxygen atoms in total. The number of hydrogen-bond donors (Lipinski definition) is 1. The van der Waals surface area contributed by atoms with Crippen LogP contribution in [0.5, 0.6) is 5.75 Å². The van der Waals surface area contributed by atoms with Crippen molar-refractivity contribution >= 4 is 11.6 Å². The molecule has 2 aromatic carbocycles. The Bertz CT molecular complexity index is 787. The Hall–Kier alpha value is -2.83. The molecule has 0 saturated heterocycles. The van der Waals surface area contributed by atoms with Gasteiger partial charge in [-0.05, 0) is 42.8 Å². The van der Waals surface area contributed by atoms with Gasteiger partial charge in [0.2, 0.25) is 5.91 Å². The molecule has 7 heteroatoms. The van der Waals surface area contributed by atoms with E-state index in [4.69, 9.17) is 4.74 Å². The van der Waals surface area contributed by atoms with E-state index < -0.39 is 29.6 Å². The Kier molecular flexibility index (Phi) is 5.46. The molecule has 2 aromatic rings. The maximum atomic E-state index is 14.1. The first-order valence-electron chi connectivity index (χ1n) is 7.27. The molecular weight excluding hydrogens is 338 g/mol. The van der Waals surface area contributed by atoms with Gasteiger partial charge in [0.25, 0.3) is 0 Å². The molecule has 1 N–H and O–H groups in total. The zero-order valence-electron chi connectivity index (χ0n) is 13.2. The SMILES string of the molecule is C=CC(=O)Nc1ccc(OC(C)c2cccc(C(F)(F)F)c2)c(F)c1. The number of ether oxygens (including phenoxy) is 1. The summed E-state index contributed by atoms with van der Waals surface area (Å²) in [6.07, 6.45) is -4.23. The molecular formula is C18H15F4NO2. The Morgan fingerprint density at radius 1 is 1.24 bits per heavy atom. The molecule has 132 valence electrons. The van der Waals surface area contributed by atoms with E-state index >= 15 is 0 Å². The van der Waals surface area contributed by atoms with Crippen molar-refractivity contribution < 1.29 is 27.1 Å². The quantitative estimate of drug-likeness (QED) is 0.599. The van der Waals surface area contributed by atoms with E-state index in [1.165, 1.54) is 31.2 Å². The van der Waals surface area contributed by atoms with E-state index in [0.717, 1.165) is 24.3 Å². The molecule has 1 atom stereocenters. The molecule has 0 bridgehead atoms. The lowest BCUT2D eigenvalue weighted by atomic mass is 10.1. The van der Waals surface area contributed by atoms with Crippen molar-refractivity contribution in [3.63, 3.8) is 0 Å². The zero-order chi connectivity index (χ0) is 18.6. The van der Waals surface area contributed by atoms with E-state index in [1.54, 1.807) is 0 Å². The highest BCUT2D eigenvalue weighted by atomic mass is 19.4. The first-order chi connectivity index (χ1) is 11.7. The lowest BCUT2D eigenvalue weighted by molar-refractivity contribution is -0.137. The van der Waals surface area contributed by atoms with Crippen LogP contribution in [0.15, 0.2) is 55.1 Å². The number of rotatable bonds is 5.